The zero-order valence-corrected chi connectivity index (χ0v) is 8.00. The van der Waals surface area contributed by atoms with Crippen molar-refractivity contribution in [3.63, 3.8) is 0 Å². The van der Waals surface area contributed by atoms with E-state index in [0.29, 0.717) is 0 Å². The summed E-state index contributed by atoms with van der Waals surface area (Å²) in [6, 6.07) is -0.0588. The van der Waals surface area contributed by atoms with Crippen LogP contribution < -0.4 is 11.5 Å². The smallest absolute Gasteiger partial charge is 0.0691 e. The molecule has 0 heterocycles. The fourth-order valence-electron chi connectivity index (χ4n) is 1.23. The van der Waals surface area contributed by atoms with E-state index in [4.69, 9.17) is 11.5 Å². The molecule has 0 aromatic carbocycles. The van der Waals surface area contributed by atoms with E-state index in [1.165, 1.54) is 0 Å². The minimum atomic E-state index is -0.326. The van der Waals surface area contributed by atoms with Crippen molar-refractivity contribution in [3.8, 4) is 0 Å². The quantitative estimate of drug-likeness (QED) is 0.495. The fraction of sp³-hybridized carbons (Fsp3) is 1.00. The molecule has 0 aliphatic carbocycles. The summed E-state index contributed by atoms with van der Waals surface area (Å²) in [6.45, 7) is 2.77. The average Bonchev–Trinajstić information content (AvgIpc) is 2.05. The Bertz CT molecular complexity index is 98.5. The molecule has 0 saturated carbocycles. The normalized spacial score (nSPS) is 16.0. The summed E-state index contributed by atoms with van der Waals surface area (Å²) in [5.74, 6) is 0. The van der Waals surface area contributed by atoms with Crippen LogP contribution in [0.3, 0.4) is 0 Å². The van der Waals surface area contributed by atoms with Gasteiger partial charge in [0.1, 0.15) is 0 Å². The SMILES string of the molecule is CCCC(O)[C@@H](N)CCCCN. The largest absolute Gasteiger partial charge is 0.392 e. The third-order valence-electron chi connectivity index (χ3n) is 2.07. The highest BCUT2D eigenvalue weighted by Crippen LogP contribution is 2.06. The van der Waals surface area contributed by atoms with E-state index in [2.05, 4.69) is 6.92 Å². The second-order valence-electron chi connectivity index (χ2n) is 3.30. The topological polar surface area (TPSA) is 72.3 Å². The summed E-state index contributed by atoms with van der Waals surface area (Å²) in [4.78, 5) is 0. The summed E-state index contributed by atoms with van der Waals surface area (Å²) in [7, 11) is 0. The van der Waals surface area contributed by atoms with Gasteiger partial charge in [0.2, 0.25) is 0 Å². The Morgan fingerprint density at radius 2 is 1.92 bits per heavy atom. The lowest BCUT2D eigenvalue weighted by Gasteiger charge is -2.17. The van der Waals surface area contributed by atoms with Crippen molar-refractivity contribution in [2.45, 2.75) is 51.2 Å². The van der Waals surface area contributed by atoms with Crippen LogP contribution in [0.15, 0.2) is 0 Å². The number of aliphatic hydroxyl groups is 1. The Labute approximate surface area is 75.1 Å². The van der Waals surface area contributed by atoms with Gasteiger partial charge in [0.15, 0.2) is 0 Å². The molecule has 0 bridgehead atoms. The number of hydrogen-bond acceptors (Lipinski definition) is 3. The van der Waals surface area contributed by atoms with Crippen LogP contribution in [0.5, 0.6) is 0 Å². The van der Waals surface area contributed by atoms with Gasteiger partial charge in [0, 0.05) is 6.04 Å². The van der Waals surface area contributed by atoms with Gasteiger partial charge in [0.05, 0.1) is 6.10 Å². The maximum atomic E-state index is 9.46. The highest BCUT2D eigenvalue weighted by molar-refractivity contribution is 4.70. The molecule has 0 radical (unpaired) electrons. The van der Waals surface area contributed by atoms with Crippen molar-refractivity contribution in [1.29, 1.82) is 0 Å². The monoisotopic (exact) mass is 174 g/mol. The number of aliphatic hydroxyl groups excluding tert-OH is 1. The molecule has 3 nitrogen and oxygen atoms in total. The molecule has 0 amide bonds. The van der Waals surface area contributed by atoms with E-state index in [0.717, 1.165) is 38.6 Å². The average molecular weight is 174 g/mol. The third-order valence-corrected chi connectivity index (χ3v) is 2.07. The van der Waals surface area contributed by atoms with E-state index in [-0.39, 0.29) is 12.1 Å². The standard InChI is InChI=1S/C9H22N2O/c1-2-5-9(12)8(11)6-3-4-7-10/h8-9,12H,2-7,10-11H2,1H3/t8-,9?/m0/s1. The Hall–Kier alpha value is -0.120. The molecule has 0 aliphatic heterocycles. The summed E-state index contributed by atoms with van der Waals surface area (Å²) in [6.07, 6.45) is 4.39. The number of hydrogen-bond donors (Lipinski definition) is 3. The van der Waals surface area contributed by atoms with Gasteiger partial charge in [-0.15, -0.1) is 0 Å². The van der Waals surface area contributed by atoms with E-state index in [9.17, 15) is 5.11 Å². The van der Waals surface area contributed by atoms with Crippen molar-refractivity contribution in [1.82, 2.24) is 0 Å². The van der Waals surface area contributed by atoms with Crippen LogP contribution in [0.1, 0.15) is 39.0 Å². The zero-order chi connectivity index (χ0) is 9.40. The minimum Gasteiger partial charge on any atom is -0.392 e. The molecule has 0 saturated heterocycles. The Morgan fingerprint density at radius 1 is 1.25 bits per heavy atom. The third kappa shape index (κ3) is 5.52. The first-order valence-corrected chi connectivity index (χ1v) is 4.86. The van der Waals surface area contributed by atoms with Crippen LogP contribution in [0.25, 0.3) is 0 Å². The van der Waals surface area contributed by atoms with Gasteiger partial charge < -0.3 is 16.6 Å². The van der Waals surface area contributed by atoms with Crippen molar-refractivity contribution in [3.05, 3.63) is 0 Å². The minimum absolute atomic E-state index is 0.0588. The molecule has 74 valence electrons. The summed E-state index contributed by atoms with van der Waals surface area (Å²) < 4.78 is 0. The van der Waals surface area contributed by atoms with Gasteiger partial charge in [-0.05, 0) is 25.8 Å². The molecular formula is C9H22N2O. The Kier molecular flexibility index (Phi) is 7.45. The van der Waals surface area contributed by atoms with Crippen molar-refractivity contribution in [2.75, 3.05) is 6.54 Å². The highest BCUT2D eigenvalue weighted by Gasteiger charge is 2.12. The molecule has 0 spiro atoms. The number of nitrogens with two attached hydrogens (primary N) is 2. The highest BCUT2D eigenvalue weighted by atomic mass is 16.3. The van der Waals surface area contributed by atoms with Crippen LogP contribution in [0.2, 0.25) is 0 Å². The lowest BCUT2D eigenvalue weighted by Crippen LogP contribution is -2.34. The molecule has 3 heteroatoms. The molecule has 0 aliphatic rings. The maximum absolute atomic E-state index is 9.46. The maximum Gasteiger partial charge on any atom is 0.0691 e. The molecular weight excluding hydrogens is 152 g/mol. The van der Waals surface area contributed by atoms with Crippen molar-refractivity contribution >= 4 is 0 Å². The summed E-state index contributed by atoms with van der Waals surface area (Å²) >= 11 is 0. The van der Waals surface area contributed by atoms with Gasteiger partial charge in [-0.2, -0.15) is 0 Å². The predicted octanol–water partition coefficient (Wildman–Crippen LogP) is 0.604. The second-order valence-corrected chi connectivity index (χ2v) is 3.30. The van der Waals surface area contributed by atoms with Crippen molar-refractivity contribution < 1.29 is 5.11 Å². The molecule has 0 rings (SSSR count). The second kappa shape index (κ2) is 7.53. The van der Waals surface area contributed by atoms with Crippen LogP contribution in [-0.4, -0.2) is 23.8 Å². The molecule has 0 aromatic rings. The van der Waals surface area contributed by atoms with Crippen LogP contribution in [0, 0.1) is 0 Å². The Balaban J connectivity index is 3.35. The van der Waals surface area contributed by atoms with E-state index < -0.39 is 0 Å². The van der Waals surface area contributed by atoms with Crippen LogP contribution in [0.4, 0.5) is 0 Å². The van der Waals surface area contributed by atoms with Gasteiger partial charge in [-0.3, -0.25) is 0 Å². The first-order chi connectivity index (χ1) is 5.72. The first kappa shape index (κ1) is 11.9. The summed E-state index contributed by atoms with van der Waals surface area (Å²) in [5.41, 5.74) is 11.1. The van der Waals surface area contributed by atoms with E-state index in [1.807, 2.05) is 0 Å². The molecule has 5 N–H and O–H groups in total. The van der Waals surface area contributed by atoms with Gasteiger partial charge in [-0.25, -0.2) is 0 Å². The molecule has 2 atom stereocenters. The number of unbranched alkanes of at least 4 members (excludes halogenated alkanes) is 1. The van der Waals surface area contributed by atoms with Crippen LogP contribution in [-0.2, 0) is 0 Å². The van der Waals surface area contributed by atoms with Gasteiger partial charge in [-0.1, -0.05) is 19.8 Å². The van der Waals surface area contributed by atoms with Crippen LogP contribution >= 0.6 is 0 Å². The Morgan fingerprint density at radius 3 is 2.42 bits per heavy atom. The van der Waals surface area contributed by atoms with E-state index in [1.54, 1.807) is 0 Å². The molecule has 1 unspecified atom stereocenters. The molecule has 0 aromatic heterocycles. The lowest BCUT2D eigenvalue weighted by atomic mass is 10.0. The fourth-order valence-corrected chi connectivity index (χ4v) is 1.23. The summed E-state index contributed by atoms with van der Waals surface area (Å²) in [5, 5.41) is 9.46. The molecule has 12 heavy (non-hydrogen) atoms. The lowest BCUT2D eigenvalue weighted by molar-refractivity contribution is 0.129. The van der Waals surface area contributed by atoms with Crippen molar-refractivity contribution in [2.24, 2.45) is 11.5 Å². The zero-order valence-electron chi connectivity index (χ0n) is 8.00. The molecule has 0 fully saturated rings. The van der Waals surface area contributed by atoms with E-state index >= 15 is 0 Å². The van der Waals surface area contributed by atoms with Gasteiger partial charge >= 0.3 is 0 Å². The predicted molar refractivity (Wildman–Crippen MR) is 51.8 cm³/mol. The first-order valence-electron chi connectivity index (χ1n) is 4.86. The number of rotatable bonds is 7. The van der Waals surface area contributed by atoms with Gasteiger partial charge in [0.25, 0.3) is 0 Å².